The molecule has 0 aliphatic rings. The number of carbonyl (C=O) groups is 2. The highest BCUT2D eigenvalue weighted by atomic mass is 16.4. The van der Waals surface area contributed by atoms with Gasteiger partial charge in [0, 0.05) is 19.3 Å². The second-order valence-corrected chi connectivity index (χ2v) is 3.84. The summed E-state index contributed by atoms with van der Waals surface area (Å²) in [5, 5.41) is 8.47. The number of hydrogen-bond acceptors (Lipinski definition) is 2. The highest BCUT2D eigenvalue weighted by molar-refractivity contribution is 5.87. The first kappa shape index (κ1) is 17.4. The lowest BCUT2D eigenvalue weighted by atomic mass is 10.2. The average Bonchev–Trinajstić information content (AvgIpc) is 2.45. The summed E-state index contributed by atoms with van der Waals surface area (Å²) in [6.45, 7) is 9.72. The quantitative estimate of drug-likeness (QED) is 0.856. The Bertz CT molecular complexity index is 504. The highest BCUT2D eigenvalue weighted by Gasteiger charge is 2.04. The Morgan fingerprint density at radius 3 is 2.00 bits per heavy atom. The van der Waals surface area contributed by atoms with Crippen molar-refractivity contribution in [1.82, 2.24) is 4.90 Å². The molecule has 1 aromatic rings. The van der Waals surface area contributed by atoms with Crippen LogP contribution >= 0.6 is 0 Å². The zero-order valence-corrected chi connectivity index (χ0v) is 11.7. The van der Waals surface area contributed by atoms with Gasteiger partial charge in [-0.05, 0) is 12.5 Å². The third-order valence-electron chi connectivity index (χ3n) is 2.27. The van der Waals surface area contributed by atoms with Crippen molar-refractivity contribution in [3.05, 3.63) is 67.0 Å². The fourth-order valence-electron chi connectivity index (χ4n) is 1.13. The van der Waals surface area contributed by atoms with Crippen molar-refractivity contribution < 1.29 is 14.7 Å². The summed E-state index contributed by atoms with van der Waals surface area (Å²) in [5.74, 6) is -1.33. The maximum absolute atomic E-state index is 10.8. The van der Waals surface area contributed by atoms with Crippen LogP contribution in [0.25, 0.3) is 6.08 Å². The molecule has 1 aromatic carbocycles. The fourth-order valence-corrected chi connectivity index (χ4v) is 1.13. The third-order valence-corrected chi connectivity index (χ3v) is 2.27. The van der Waals surface area contributed by atoms with Crippen LogP contribution < -0.4 is 0 Å². The largest absolute Gasteiger partial charge is 0.478 e. The lowest BCUT2D eigenvalue weighted by Gasteiger charge is -2.09. The van der Waals surface area contributed by atoms with E-state index in [0.29, 0.717) is 0 Å². The van der Waals surface area contributed by atoms with E-state index in [4.69, 9.17) is 5.11 Å². The van der Waals surface area contributed by atoms with E-state index in [-0.39, 0.29) is 11.5 Å². The molecule has 0 heterocycles. The standard InChI is InChI=1S/C8H11NO3.C8H8/c1-4-9(7(3)10)5-6(2)8(11)12;1-2-8-6-4-3-5-7-8/h4-5H,1H2,2-3H3,(H,11,12);2-7H,1H2. The lowest BCUT2D eigenvalue weighted by Crippen LogP contribution is -2.17. The van der Waals surface area contributed by atoms with Gasteiger partial charge in [-0.25, -0.2) is 4.79 Å². The van der Waals surface area contributed by atoms with Crippen LogP contribution in [0, 0.1) is 0 Å². The van der Waals surface area contributed by atoms with Gasteiger partial charge in [0.2, 0.25) is 5.91 Å². The Morgan fingerprint density at radius 2 is 1.70 bits per heavy atom. The van der Waals surface area contributed by atoms with E-state index in [1.807, 2.05) is 36.4 Å². The maximum atomic E-state index is 10.8. The first-order valence-corrected chi connectivity index (χ1v) is 5.93. The number of hydrogen-bond donors (Lipinski definition) is 1. The molecular weight excluding hydrogens is 254 g/mol. The molecule has 1 rings (SSSR count). The van der Waals surface area contributed by atoms with E-state index < -0.39 is 5.97 Å². The summed E-state index contributed by atoms with van der Waals surface area (Å²) in [6.07, 6.45) is 4.31. The van der Waals surface area contributed by atoms with E-state index in [9.17, 15) is 9.59 Å². The molecule has 0 aliphatic heterocycles. The van der Waals surface area contributed by atoms with Crippen molar-refractivity contribution >= 4 is 18.0 Å². The minimum Gasteiger partial charge on any atom is -0.478 e. The van der Waals surface area contributed by atoms with Crippen LogP contribution in [0.1, 0.15) is 19.4 Å². The zero-order valence-electron chi connectivity index (χ0n) is 11.7. The molecule has 0 atom stereocenters. The molecule has 0 radical (unpaired) electrons. The van der Waals surface area contributed by atoms with Gasteiger partial charge >= 0.3 is 5.97 Å². The summed E-state index contributed by atoms with van der Waals surface area (Å²) < 4.78 is 0. The molecule has 0 unspecified atom stereocenters. The van der Waals surface area contributed by atoms with Crippen molar-refractivity contribution in [1.29, 1.82) is 0 Å². The van der Waals surface area contributed by atoms with Crippen molar-refractivity contribution in [3.63, 3.8) is 0 Å². The predicted octanol–water partition coefficient (Wildman–Crippen LogP) is 3.30. The van der Waals surface area contributed by atoms with E-state index in [1.165, 1.54) is 31.8 Å². The molecule has 4 heteroatoms. The Balaban J connectivity index is 0.000000388. The Kier molecular flexibility index (Phi) is 8.11. The van der Waals surface area contributed by atoms with Gasteiger partial charge in [-0.2, -0.15) is 0 Å². The smallest absolute Gasteiger partial charge is 0.332 e. The monoisotopic (exact) mass is 273 g/mol. The summed E-state index contributed by atoms with van der Waals surface area (Å²) >= 11 is 0. The van der Waals surface area contributed by atoms with Gasteiger partial charge in [-0.1, -0.05) is 49.6 Å². The summed E-state index contributed by atoms with van der Waals surface area (Å²) in [4.78, 5) is 22.2. The number of aliphatic carboxylic acids is 1. The number of amides is 1. The number of carboxylic acid groups (broad SMARTS) is 1. The first-order valence-electron chi connectivity index (χ1n) is 5.93. The predicted molar refractivity (Wildman–Crippen MR) is 80.6 cm³/mol. The number of nitrogens with zero attached hydrogens (tertiary/aromatic N) is 1. The average molecular weight is 273 g/mol. The minimum absolute atomic E-state index is 0.0881. The van der Waals surface area contributed by atoms with Gasteiger partial charge < -0.3 is 5.11 Å². The van der Waals surface area contributed by atoms with Crippen LogP contribution in [-0.2, 0) is 9.59 Å². The number of rotatable bonds is 4. The van der Waals surface area contributed by atoms with Crippen molar-refractivity contribution in [3.8, 4) is 0 Å². The molecule has 0 fully saturated rings. The van der Waals surface area contributed by atoms with E-state index >= 15 is 0 Å². The summed E-state index contributed by atoms with van der Waals surface area (Å²) in [6, 6.07) is 10.0. The van der Waals surface area contributed by atoms with Gasteiger partial charge in [0.1, 0.15) is 0 Å². The van der Waals surface area contributed by atoms with E-state index in [2.05, 4.69) is 13.2 Å². The second-order valence-electron chi connectivity index (χ2n) is 3.84. The van der Waals surface area contributed by atoms with Gasteiger partial charge in [0.15, 0.2) is 0 Å². The molecule has 106 valence electrons. The molecule has 0 aromatic heterocycles. The molecule has 0 aliphatic carbocycles. The molecule has 0 bridgehead atoms. The Labute approximate surface area is 119 Å². The number of carboxylic acids is 1. The molecule has 1 N–H and O–H groups in total. The van der Waals surface area contributed by atoms with Gasteiger partial charge in [0.05, 0.1) is 5.57 Å². The summed E-state index contributed by atoms with van der Waals surface area (Å²) in [5.41, 5.74) is 1.26. The van der Waals surface area contributed by atoms with Crippen LogP contribution in [0.4, 0.5) is 0 Å². The van der Waals surface area contributed by atoms with Crippen LogP contribution in [0.5, 0.6) is 0 Å². The highest BCUT2D eigenvalue weighted by Crippen LogP contribution is 1.98. The molecule has 1 amide bonds. The van der Waals surface area contributed by atoms with E-state index in [0.717, 1.165) is 4.90 Å². The number of benzene rings is 1. The van der Waals surface area contributed by atoms with Crippen LogP contribution in [0.15, 0.2) is 61.5 Å². The fraction of sp³-hybridized carbons (Fsp3) is 0.125. The molecule has 20 heavy (non-hydrogen) atoms. The molecule has 0 saturated heterocycles. The van der Waals surface area contributed by atoms with Gasteiger partial charge in [-0.15, -0.1) is 0 Å². The lowest BCUT2D eigenvalue weighted by molar-refractivity contribution is -0.132. The second kappa shape index (κ2) is 9.33. The zero-order chi connectivity index (χ0) is 15.5. The summed E-state index contributed by atoms with van der Waals surface area (Å²) in [7, 11) is 0. The molecular formula is C16H19NO3. The van der Waals surface area contributed by atoms with Crippen molar-refractivity contribution in [2.45, 2.75) is 13.8 Å². The van der Waals surface area contributed by atoms with Crippen LogP contribution in [0.2, 0.25) is 0 Å². The van der Waals surface area contributed by atoms with Crippen molar-refractivity contribution in [2.75, 3.05) is 0 Å². The van der Waals surface area contributed by atoms with E-state index in [1.54, 1.807) is 0 Å². The van der Waals surface area contributed by atoms with Gasteiger partial charge in [0.25, 0.3) is 0 Å². The number of carbonyl (C=O) groups excluding carboxylic acids is 1. The SMILES string of the molecule is C=CN(C=C(C)C(=O)O)C(C)=O.C=Cc1ccccc1. The molecule has 4 nitrogen and oxygen atoms in total. The first-order chi connectivity index (χ1) is 9.42. The maximum Gasteiger partial charge on any atom is 0.332 e. The third kappa shape index (κ3) is 6.96. The Hall–Kier alpha value is -2.62. The normalized spacial score (nSPS) is 9.80. The molecule has 0 saturated carbocycles. The topological polar surface area (TPSA) is 57.6 Å². The van der Waals surface area contributed by atoms with Crippen molar-refractivity contribution in [2.24, 2.45) is 0 Å². The Morgan fingerprint density at radius 1 is 1.15 bits per heavy atom. The van der Waals surface area contributed by atoms with Crippen LogP contribution in [-0.4, -0.2) is 21.9 Å². The molecule has 0 spiro atoms. The minimum atomic E-state index is -1.05. The van der Waals surface area contributed by atoms with Crippen LogP contribution in [0.3, 0.4) is 0 Å². The van der Waals surface area contributed by atoms with Gasteiger partial charge in [-0.3, -0.25) is 9.69 Å².